The monoisotopic (exact) mass is 240 g/mol. The van der Waals surface area contributed by atoms with Gasteiger partial charge in [0.1, 0.15) is 18.3 Å². The molecule has 0 radical (unpaired) electrons. The van der Waals surface area contributed by atoms with Crippen molar-refractivity contribution in [3.8, 4) is 0 Å². The zero-order valence-electron chi connectivity index (χ0n) is 10.6. The summed E-state index contributed by atoms with van der Waals surface area (Å²) in [6.07, 6.45) is 4.21. The van der Waals surface area contributed by atoms with E-state index < -0.39 is 6.17 Å². The molecule has 0 aliphatic carbocycles. The van der Waals surface area contributed by atoms with E-state index in [2.05, 4.69) is 15.4 Å². The van der Waals surface area contributed by atoms with Gasteiger partial charge in [-0.25, -0.2) is 14.1 Å². The molecule has 2 rings (SSSR count). The van der Waals surface area contributed by atoms with Crippen LogP contribution in [0.3, 0.4) is 0 Å². The molecule has 1 fully saturated rings. The second-order valence-corrected chi connectivity index (χ2v) is 4.99. The maximum atomic E-state index is 14.2. The third kappa shape index (κ3) is 3.03. The third-order valence-electron chi connectivity index (χ3n) is 3.30. The van der Waals surface area contributed by atoms with Crippen LogP contribution in [-0.4, -0.2) is 33.5 Å². The van der Waals surface area contributed by atoms with Crippen LogP contribution in [0.4, 0.5) is 4.39 Å². The number of alkyl halides is 1. The van der Waals surface area contributed by atoms with Crippen LogP contribution < -0.4 is 5.32 Å². The Bertz CT molecular complexity index is 344. The van der Waals surface area contributed by atoms with E-state index in [4.69, 9.17) is 0 Å². The van der Waals surface area contributed by atoms with E-state index in [-0.39, 0.29) is 12.1 Å². The standard InChI is InChI=1S/C12H21FN4/c1-9(2)17-12(15-8-16-17)7-10(13)11-5-3-4-6-14-11/h8-11,14H,3-7H2,1-2H3. The van der Waals surface area contributed by atoms with Crippen LogP contribution in [0.1, 0.15) is 45.0 Å². The minimum Gasteiger partial charge on any atom is -0.311 e. The summed E-state index contributed by atoms with van der Waals surface area (Å²) in [6.45, 7) is 5.00. The maximum absolute atomic E-state index is 14.2. The van der Waals surface area contributed by atoms with Gasteiger partial charge in [0.25, 0.3) is 0 Å². The van der Waals surface area contributed by atoms with E-state index in [0.29, 0.717) is 6.42 Å². The minimum atomic E-state index is -0.864. The molecule has 2 unspecified atom stereocenters. The van der Waals surface area contributed by atoms with Gasteiger partial charge in [-0.3, -0.25) is 0 Å². The predicted molar refractivity (Wildman–Crippen MR) is 64.6 cm³/mol. The lowest BCUT2D eigenvalue weighted by Crippen LogP contribution is -2.42. The first-order valence-electron chi connectivity index (χ1n) is 6.44. The Morgan fingerprint density at radius 3 is 3.00 bits per heavy atom. The molecule has 2 atom stereocenters. The van der Waals surface area contributed by atoms with Gasteiger partial charge in [-0.05, 0) is 33.2 Å². The molecule has 1 N–H and O–H groups in total. The predicted octanol–water partition coefficient (Wildman–Crippen LogP) is 1.88. The fourth-order valence-corrected chi connectivity index (χ4v) is 2.36. The maximum Gasteiger partial charge on any atom is 0.138 e. The largest absolute Gasteiger partial charge is 0.311 e. The highest BCUT2D eigenvalue weighted by atomic mass is 19.1. The summed E-state index contributed by atoms with van der Waals surface area (Å²) in [6, 6.07) is 0.222. The molecule has 4 nitrogen and oxygen atoms in total. The molecular weight excluding hydrogens is 219 g/mol. The number of nitrogens with zero attached hydrogens (tertiary/aromatic N) is 3. The van der Waals surface area contributed by atoms with Gasteiger partial charge in [0.15, 0.2) is 0 Å². The average Bonchev–Trinajstić information content (AvgIpc) is 2.78. The van der Waals surface area contributed by atoms with Crippen molar-refractivity contribution in [3.05, 3.63) is 12.2 Å². The minimum absolute atomic E-state index is 0.0129. The molecule has 1 aromatic rings. The van der Waals surface area contributed by atoms with E-state index >= 15 is 0 Å². The van der Waals surface area contributed by atoms with Crippen molar-refractivity contribution in [2.45, 2.75) is 57.8 Å². The van der Waals surface area contributed by atoms with Gasteiger partial charge in [-0.2, -0.15) is 5.10 Å². The molecule has 5 heteroatoms. The fourth-order valence-electron chi connectivity index (χ4n) is 2.36. The highest BCUT2D eigenvalue weighted by molar-refractivity contribution is 4.93. The quantitative estimate of drug-likeness (QED) is 0.874. The molecular formula is C12H21FN4. The molecule has 1 aliphatic rings. The summed E-state index contributed by atoms with van der Waals surface area (Å²) in [5.41, 5.74) is 0. The third-order valence-corrected chi connectivity index (χ3v) is 3.30. The Kier molecular flexibility index (Phi) is 4.10. The van der Waals surface area contributed by atoms with Crippen LogP contribution in [0.15, 0.2) is 6.33 Å². The van der Waals surface area contributed by atoms with Gasteiger partial charge >= 0.3 is 0 Å². The number of rotatable bonds is 4. The SMILES string of the molecule is CC(C)n1ncnc1CC(F)C1CCCCN1. The van der Waals surface area contributed by atoms with E-state index in [9.17, 15) is 4.39 Å². The lowest BCUT2D eigenvalue weighted by atomic mass is 9.99. The molecule has 2 heterocycles. The van der Waals surface area contributed by atoms with Crippen molar-refractivity contribution in [1.82, 2.24) is 20.1 Å². The average molecular weight is 240 g/mol. The number of hydrogen-bond acceptors (Lipinski definition) is 3. The summed E-state index contributed by atoms with van der Waals surface area (Å²) >= 11 is 0. The van der Waals surface area contributed by atoms with E-state index in [0.717, 1.165) is 31.6 Å². The van der Waals surface area contributed by atoms with Gasteiger partial charge in [0.05, 0.1) is 0 Å². The van der Waals surface area contributed by atoms with Gasteiger partial charge < -0.3 is 5.32 Å². The lowest BCUT2D eigenvalue weighted by Gasteiger charge is -2.26. The molecule has 0 amide bonds. The Morgan fingerprint density at radius 2 is 2.35 bits per heavy atom. The summed E-state index contributed by atoms with van der Waals surface area (Å²) in [5, 5.41) is 7.38. The van der Waals surface area contributed by atoms with Gasteiger partial charge in [0.2, 0.25) is 0 Å². The van der Waals surface area contributed by atoms with Crippen molar-refractivity contribution in [2.24, 2.45) is 0 Å². The zero-order valence-corrected chi connectivity index (χ0v) is 10.6. The topological polar surface area (TPSA) is 42.7 Å². The molecule has 0 saturated carbocycles. The summed E-state index contributed by atoms with van der Waals surface area (Å²) in [7, 11) is 0. The van der Waals surface area contributed by atoms with E-state index in [1.165, 1.54) is 6.33 Å². The summed E-state index contributed by atoms with van der Waals surface area (Å²) in [5.74, 6) is 0.750. The molecule has 1 saturated heterocycles. The van der Waals surface area contributed by atoms with Crippen molar-refractivity contribution in [3.63, 3.8) is 0 Å². The Labute approximate surface area is 102 Å². The lowest BCUT2D eigenvalue weighted by molar-refractivity contribution is 0.211. The highest BCUT2D eigenvalue weighted by Gasteiger charge is 2.25. The first-order valence-corrected chi connectivity index (χ1v) is 6.44. The Hall–Kier alpha value is -0.970. The van der Waals surface area contributed by atoms with Crippen molar-refractivity contribution in [1.29, 1.82) is 0 Å². The molecule has 1 aromatic heterocycles. The second kappa shape index (κ2) is 5.58. The molecule has 0 bridgehead atoms. The van der Waals surface area contributed by atoms with E-state index in [1.807, 2.05) is 13.8 Å². The van der Waals surface area contributed by atoms with Crippen molar-refractivity contribution in [2.75, 3.05) is 6.54 Å². The second-order valence-electron chi connectivity index (χ2n) is 4.99. The van der Waals surface area contributed by atoms with Gasteiger partial charge in [-0.15, -0.1) is 0 Å². The highest BCUT2D eigenvalue weighted by Crippen LogP contribution is 2.17. The smallest absolute Gasteiger partial charge is 0.138 e. The van der Waals surface area contributed by atoms with Crippen LogP contribution in [0, 0.1) is 0 Å². The van der Waals surface area contributed by atoms with Crippen molar-refractivity contribution < 1.29 is 4.39 Å². The molecule has 0 spiro atoms. The Balaban J connectivity index is 1.97. The van der Waals surface area contributed by atoms with Gasteiger partial charge in [-0.1, -0.05) is 6.42 Å². The molecule has 0 aromatic carbocycles. The summed E-state index contributed by atoms with van der Waals surface area (Å²) in [4.78, 5) is 4.16. The Morgan fingerprint density at radius 1 is 1.53 bits per heavy atom. The summed E-state index contributed by atoms with van der Waals surface area (Å²) < 4.78 is 16.0. The molecule has 17 heavy (non-hydrogen) atoms. The number of hydrogen-bond donors (Lipinski definition) is 1. The van der Waals surface area contributed by atoms with Crippen LogP contribution in [0.5, 0.6) is 0 Å². The van der Waals surface area contributed by atoms with Crippen LogP contribution in [-0.2, 0) is 6.42 Å². The number of halogens is 1. The number of nitrogens with one attached hydrogen (secondary N) is 1. The van der Waals surface area contributed by atoms with Crippen LogP contribution in [0.25, 0.3) is 0 Å². The van der Waals surface area contributed by atoms with E-state index in [1.54, 1.807) is 4.68 Å². The fraction of sp³-hybridized carbons (Fsp3) is 0.833. The number of aromatic nitrogens is 3. The first-order chi connectivity index (χ1) is 8.18. The number of piperidine rings is 1. The molecule has 1 aliphatic heterocycles. The van der Waals surface area contributed by atoms with Crippen LogP contribution in [0.2, 0.25) is 0 Å². The van der Waals surface area contributed by atoms with Crippen molar-refractivity contribution >= 4 is 0 Å². The first kappa shape index (κ1) is 12.5. The zero-order chi connectivity index (χ0) is 12.3. The van der Waals surface area contributed by atoms with Crippen LogP contribution >= 0.6 is 0 Å². The van der Waals surface area contributed by atoms with Gasteiger partial charge in [0, 0.05) is 18.5 Å². The normalized spacial score (nSPS) is 22.9. The molecule has 96 valence electrons.